The number of hydrogen-bond acceptors (Lipinski definition) is 2. The number of thiophene rings is 1. The lowest BCUT2D eigenvalue weighted by Gasteiger charge is -2.38. The van der Waals surface area contributed by atoms with E-state index in [9.17, 15) is 0 Å². The van der Waals surface area contributed by atoms with E-state index in [0.717, 1.165) is 5.92 Å². The Labute approximate surface area is 89.5 Å². The summed E-state index contributed by atoms with van der Waals surface area (Å²) in [6.45, 7) is 3.51. The van der Waals surface area contributed by atoms with Gasteiger partial charge in [0.2, 0.25) is 0 Å². The highest BCUT2D eigenvalue weighted by Gasteiger charge is 2.47. The Morgan fingerprint density at radius 3 is 3.14 bits per heavy atom. The summed E-state index contributed by atoms with van der Waals surface area (Å²) >= 11 is 1.95. The van der Waals surface area contributed by atoms with E-state index >= 15 is 0 Å². The maximum Gasteiger partial charge on any atom is 0.0471 e. The molecule has 0 radical (unpaired) electrons. The Morgan fingerprint density at radius 1 is 1.57 bits per heavy atom. The van der Waals surface area contributed by atoms with Crippen molar-refractivity contribution in [3.8, 4) is 0 Å². The summed E-state index contributed by atoms with van der Waals surface area (Å²) < 4.78 is 0. The normalized spacial score (nSPS) is 31.5. The lowest BCUT2D eigenvalue weighted by Crippen LogP contribution is -2.48. The minimum Gasteiger partial charge on any atom is -0.307 e. The topological polar surface area (TPSA) is 12.0 Å². The van der Waals surface area contributed by atoms with Crippen molar-refractivity contribution in [1.82, 2.24) is 5.32 Å². The molecule has 0 saturated heterocycles. The van der Waals surface area contributed by atoms with Gasteiger partial charge in [-0.3, -0.25) is 0 Å². The van der Waals surface area contributed by atoms with Crippen molar-refractivity contribution in [3.63, 3.8) is 0 Å². The van der Waals surface area contributed by atoms with E-state index in [1.54, 1.807) is 10.4 Å². The minimum absolute atomic E-state index is 0.355. The Morgan fingerprint density at radius 2 is 2.43 bits per heavy atom. The number of hydrogen-bond donors (Lipinski definition) is 1. The summed E-state index contributed by atoms with van der Waals surface area (Å²) in [6, 6.07) is 2.36. The molecule has 2 aliphatic rings. The predicted molar refractivity (Wildman–Crippen MR) is 60.7 cm³/mol. The SMILES string of the molecule is CCC1(C2CC2)NCCc2sccc21. The monoisotopic (exact) mass is 207 g/mol. The molecule has 1 atom stereocenters. The van der Waals surface area contributed by atoms with Gasteiger partial charge in [0.1, 0.15) is 0 Å². The van der Waals surface area contributed by atoms with Crippen LogP contribution in [0.15, 0.2) is 11.4 Å². The molecule has 0 aromatic carbocycles. The second-order valence-corrected chi connectivity index (χ2v) is 5.53. The molecule has 0 bridgehead atoms. The number of nitrogens with one attached hydrogen (secondary N) is 1. The van der Waals surface area contributed by atoms with Crippen LogP contribution in [-0.4, -0.2) is 6.54 Å². The van der Waals surface area contributed by atoms with Crippen LogP contribution in [0.4, 0.5) is 0 Å². The van der Waals surface area contributed by atoms with Crippen molar-refractivity contribution in [2.75, 3.05) is 6.54 Å². The fraction of sp³-hybridized carbons (Fsp3) is 0.667. The molecule has 1 saturated carbocycles. The third-order valence-electron chi connectivity index (χ3n) is 3.85. The summed E-state index contributed by atoms with van der Waals surface area (Å²) in [6.07, 6.45) is 5.34. The maximum absolute atomic E-state index is 3.79. The van der Waals surface area contributed by atoms with E-state index in [0.29, 0.717) is 5.54 Å². The van der Waals surface area contributed by atoms with Crippen molar-refractivity contribution in [3.05, 3.63) is 21.9 Å². The van der Waals surface area contributed by atoms with Gasteiger partial charge in [-0.15, -0.1) is 11.3 Å². The van der Waals surface area contributed by atoms with E-state index in [4.69, 9.17) is 0 Å². The zero-order valence-electron chi connectivity index (χ0n) is 8.68. The molecular weight excluding hydrogens is 190 g/mol. The molecule has 1 N–H and O–H groups in total. The zero-order chi connectivity index (χ0) is 9.60. The lowest BCUT2D eigenvalue weighted by molar-refractivity contribution is 0.264. The largest absolute Gasteiger partial charge is 0.307 e. The third-order valence-corrected chi connectivity index (χ3v) is 4.83. The smallest absolute Gasteiger partial charge is 0.0471 e. The molecule has 76 valence electrons. The molecule has 2 heteroatoms. The Kier molecular flexibility index (Phi) is 1.96. The first-order valence-electron chi connectivity index (χ1n) is 5.68. The van der Waals surface area contributed by atoms with Crippen LogP contribution in [0.2, 0.25) is 0 Å². The van der Waals surface area contributed by atoms with Gasteiger partial charge >= 0.3 is 0 Å². The van der Waals surface area contributed by atoms with Crippen LogP contribution >= 0.6 is 11.3 Å². The van der Waals surface area contributed by atoms with E-state index < -0.39 is 0 Å². The number of rotatable bonds is 2. The van der Waals surface area contributed by atoms with Crippen molar-refractivity contribution < 1.29 is 0 Å². The second-order valence-electron chi connectivity index (χ2n) is 4.53. The van der Waals surface area contributed by atoms with Gasteiger partial charge in [0.15, 0.2) is 0 Å². The van der Waals surface area contributed by atoms with Crippen LogP contribution < -0.4 is 5.32 Å². The first kappa shape index (κ1) is 8.93. The van der Waals surface area contributed by atoms with Gasteiger partial charge in [-0.2, -0.15) is 0 Å². The molecule has 1 aliphatic heterocycles. The van der Waals surface area contributed by atoms with Gasteiger partial charge in [-0.25, -0.2) is 0 Å². The van der Waals surface area contributed by atoms with Gasteiger partial charge in [0.25, 0.3) is 0 Å². The Bertz CT molecular complexity index is 340. The first-order valence-corrected chi connectivity index (χ1v) is 6.56. The average molecular weight is 207 g/mol. The average Bonchev–Trinajstić information content (AvgIpc) is 2.96. The molecule has 2 heterocycles. The molecule has 1 fully saturated rings. The van der Waals surface area contributed by atoms with Gasteiger partial charge in [0, 0.05) is 17.0 Å². The molecular formula is C12H17NS. The Hall–Kier alpha value is -0.340. The van der Waals surface area contributed by atoms with Crippen LogP contribution in [0, 0.1) is 5.92 Å². The van der Waals surface area contributed by atoms with Gasteiger partial charge < -0.3 is 5.32 Å². The van der Waals surface area contributed by atoms with Crippen molar-refractivity contribution in [2.45, 2.75) is 38.1 Å². The highest BCUT2D eigenvalue weighted by molar-refractivity contribution is 7.10. The van der Waals surface area contributed by atoms with Gasteiger partial charge in [0.05, 0.1) is 0 Å². The molecule has 1 nitrogen and oxygen atoms in total. The Balaban J connectivity index is 2.07. The van der Waals surface area contributed by atoms with E-state index in [1.165, 1.54) is 32.2 Å². The molecule has 1 unspecified atom stereocenters. The highest BCUT2D eigenvalue weighted by atomic mass is 32.1. The molecule has 0 spiro atoms. The fourth-order valence-corrected chi connectivity index (χ4v) is 3.94. The minimum atomic E-state index is 0.355. The van der Waals surface area contributed by atoms with E-state index in [1.807, 2.05) is 11.3 Å². The van der Waals surface area contributed by atoms with Gasteiger partial charge in [-0.1, -0.05) is 6.92 Å². The fourth-order valence-electron chi connectivity index (χ4n) is 2.97. The second kappa shape index (κ2) is 3.07. The third kappa shape index (κ3) is 1.10. The molecule has 1 aromatic heterocycles. The van der Waals surface area contributed by atoms with Gasteiger partial charge in [-0.05, 0) is 48.6 Å². The molecule has 0 amide bonds. The molecule has 1 aromatic rings. The van der Waals surface area contributed by atoms with Crippen molar-refractivity contribution in [2.24, 2.45) is 5.92 Å². The number of fused-ring (bicyclic) bond motifs is 1. The maximum atomic E-state index is 3.79. The van der Waals surface area contributed by atoms with Crippen LogP contribution in [-0.2, 0) is 12.0 Å². The first-order chi connectivity index (χ1) is 6.87. The van der Waals surface area contributed by atoms with Crippen molar-refractivity contribution >= 4 is 11.3 Å². The van der Waals surface area contributed by atoms with E-state index in [2.05, 4.69) is 23.7 Å². The summed E-state index contributed by atoms with van der Waals surface area (Å²) in [5.41, 5.74) is 1.98. The summed E-state index contributed by atoms with van der Waals surface area (Å²) in [5, 5.41) is 6.06. The summed E-state index contributed by atoms with van der Waals surface area (Å²) in [5.74, 6) is 0.918. The standard InChI is InChI=1S/C12H17NS/c1-2-12(9-3-4-9)10-6-8-14-11(10)5-7-13-12/h6,8-9,13H,2-5,7H2,1H3. The quantitative estimate of drug-likeness (QED) is 0.786. The zero-order valence-corrected chi connectivity index (χ0v) is 9.49. The molecule has 3 rings (SSSR count). The predicted octanol–water partition coefficient (Wildman–Crippen LogP) is 2.91. The lowest BCUT2D eigenvalue weighted by atomic mass is 9.80. The molecule has 14 heavy (non-hydrogen) atoms. The van der Waals surface area contributed by atoms with Crippen LogP contribution in [0.1, 0.15) is 36.6 Å². The van der Waals surface area contributed by atoms with Crippen molar-refractivity contribution in [1.29, 1.82) is 0 Å². The van der Waals surface area contributed by atoms with E-state index in [-0.39, 0.29) is 0 Å². The van der Waals surface area contributed by atoms with Crippen LogP contribution in [0.3, 0.4) is 0 Å². The summed E-state index contributed by atoms with van der Waals surface area (Å²) in [4.78, 5) is 1.64. The summed E-state index contributed by atoms with van der Waals surface area (Å²) in [7, 11) is 0. The molecule has 1 aliphatic carbocycles. The highest BCUT2D eigenvalue weighted by Crippen LogP contribution is 2.50. The van der Waals surface area contributed by atoms with Crippen LogP contribution in [0.5, 0.6) is 0 Å². The van der Waals surface area contributed by atoms with Crippen LogP contribution in [0.25, 0.3) is 0 Å².